The maximum atomic E-state index is 11.4. The van der Waals surface area contributed by atoms with E-state index in [0.717, 1.165) is 0 Å². The lowest BCUT2D eigenvalue weighted by Gasteiger charge is -2.07. The van der Waals surface area contributed by atoms with Gasteiger partial charge in [0.05, 0.1) is 24.1 Å². The first kappa shape index (κ1) is 14.3. The molecular formula is C13H13ClO4. The monoisotopic (exact) mass is 268 g/mol. The number of hydrogen-bond donors (Lipinski definition) is 0. The molecule has 0 spiro atoms. The zero-order valence-corrected chi connectivity index (χ0v) is 10.7. The van der Waals surface area contributed by atoms with Gasteiger partial charge in [-0.2, -0.15) is 0 Å². The Balaban J connectivity index is 2.87. The Hall–Kier alpha value is -1.81. The summed E-state index contributed by atoms with van der Waals surface area (Å²) >= 11 is 6.03. The van der Waals surface area contributed by atoms with Gasteiger partial charge in [-0.15, -0.1) is 0 Å². The summed E-state index contributed by atoms with van der Waals surface area (Å²) in [5.74, 6) is -0.972. The summed E-state index contributed by atoms with van der Waals surface area (Å²) in [6, 6.07) is 4.82. The zero-order valence-electron chi connectivity index (χ0n) is 9.94. The number of carbonyl (C=O) groups excluding carboxylic acids is 2. The van der Waals surface area contributed by atoms with Crippen LogP contribution in [0.25, 0.3) is 0 Å². The van der Waals surface area contributed by atoms with E-state index in [1.807, 2.05) is 0 Å². The molecule has 0 aliphatic heterocycles. The molecular weight excluding hydrogens is 256 g/mol. The fourth-order valence-electron chi connectivity index (χ4n) is 1.34. The van der Waals surface area contributed by atoms with Crippen molar-refractivity contribution in [1.82, 2.24) is 0 Å². The Kier molecular flexibility index (Phi) is 5.39. The number of carbonyl (C=O) groups is 2. The number of benzene rings is 1. The van der Waals surface area contributed by atoms with Crippen molar-refractivity contribution < 1.29 is 19.1 Å². The van der Waals surface area contributed by atoms with Crippen molar-refractivity contribution in [2.45, 2.75) is 6.42 Å². The molecule has 0 atom stereocenters. The first-order valence-corrected chi connectivity index (χ1v) is 5.60. The van der Waals surface area contributed by atoms with Crippen molar-refractivity contribution in [1.29, 1.82) is 0 Å². The van der Waals surface area contributed by atoms with Gasteiger partial charge < -0.3 is 9.47 Å². The maximum Gasteiger partial charge on any atom is 0.339 e. The minimum atomic E-state index is -0.540. The first-order chi connectivity index (χ1) is 8.60. The van der Waals surface area contributed by atoms with Gasteiger partial charge in [-0.3, -0.25) is 4.79 Å². The van der Waals surface area contributed by atoms with E-state index in [4.69, 9.17) is 16.3 Å². The molecule has 0 bridgehead atoms. The quantitative estimate of drug-likeness (QED) is 0.608. The summed E-state index contributed by atoms with van der Waals surface area (Å²) in [7, 11) is 1.27. The molecule has 0 aliphatic carbocycles. The van der Waals surface area contributed by atoms with Gasteiger partial charge in [-0.25, -0.2) is 4.79 Å². The van der Waals surface area contributed by atoms with Crippen LogP contribution in [0, 0.1) is 0 Å². The second kappa shape index (κ2) is 6.81. The van der Waals surface area contributed by atoms with E-state index in [1.54, 1.807) is 12.1 Å². The van der Waals surface area contributed by atoms with E-state index in [1.165, 1.54) is 19.3 Å². The van der Waals surface area contributed by atoms with Gasteiger partial charge in [0.1, 0.15) is 6.61 Å². The lowest BCUT2D eigenvalue weighted by Crippen LogP contribution is -2.10. The number of hydrogen-bond acceptors (Lipinski definition) is 4. The summed E-state index contributed by atoms with van der Waals surface area (Å²) < 4.78 is 9.43. The SMILES string of the molecule is C=CCOC(=O)Cc1cccc(C(=O)OC)c1Cl. The van der Waals surface area contributed by atoms with Crippen molar-refractivity contribution in [2.75, 3.05) is 13.7 Å². The number of esters is 2. The van der Waals surface area contributed by atoms with Crippen LogP contribution in [0.5, 0.6) is 0 Å². The second-order valence-electron chi connectivity index (χ2n) is 3.42. The lowest BCUT2D eigenvalue weighted by molar-refractivity contribution is -0.141. The third-order valence-corrected chi connectivity index (χ3v) is 2.63. The second-order valence-corrected chi connectivity index (χ2v) is 3.80. The molecule has 1 aromatic carbocycles. The van der Waals surface area contributed by atoms with Crippen LogP contribution >= 0.6 is 11.6 Å². The fraction of sp³-hybridized carbons (Fsp3) is 0.231. The third kappa shape index (κ3) is 3.60. The summed E-state index contributed by atoms with van der Waals surface area (Å²) in [4.78, 5) is 22.8. The molecule has 0 N–H and O–H groups in total. The topological polar surface area (TPSA) is 52.6 Å². The number of methoxy groups -OCH3 is 1. The Labute approximate surface area is 110 Å². The maximum absolute atomic E-state index is 11.4. The Morgan fingerprint density at radius 2 is 2.17 bits per heavy atom. The van der Waals surface area contributed by atoms with Crippen LogP contribution < -0.4 is 0 Å². The third-order valence-electron chi connectivity index (χ3n) is 2.18. The molecule has 4 nitrogen and oxygen atoms in total. The van der Waals surface area contributed by atoms with Gasteiger partial charge in [0.2, 0.25) is 0 Å². The highest BCUT2D eigenvalue weighted by Crippen LogP contribution is 2.22. The number of halogens is 1. The summed E-state index contributed by atoms with van der Waals surface area (Å²) in [6.07, 6.45) is 1.47. The molecule has 0 saturated heterocycles. The average Bonchev–Trinajstić information content (AvgIpc) is 2.38. The minimum absolute atomic E-state index is 0.00247. The van der Waals surface area contributed by atoms with Crippen molar-refractivity contribution in [2.24, 2.45) is 0 Å². The highest BCUT2D eigenvalue weighted by atomic mass is 35.5. The highest BCUT2D eigenvalue weighted by molar-refractivity contribution is 6.34. The van der Waals surface area contributed by atoms with E-state index in [2.05, 4.69) is 11.3 Å². The van der Waals surface area contributed by atoms with Crippen LogP contribution in [0.1, 0.15) is 15.9 Å². The van der Waals surface area contributed by atoms with Crippen LogP contribution in [0.3, 0.4) is 0 Å². The van der Waals surface area contributed by atoms with Crippen molar-refractivity contribution in [3.8, 4) is 0 Å². The van der Waals surface area contributed by atoms with Gasteiger partial charge in [-0.05, 0) is 11.6 Å². The van der Waals surface area contributed by atoms with Crippen molar-refractivity contribution >= 4 is 23.5 Å². The van der Waals surface area contributed by atoms with Gasteiger partial charge in [0, 0.05) is 0 Å². The van der Waals surface area contributed by atoms with Crippen LogP contribution in [-0.4, -0.2) is 25.7 Å². The Morgan fingerprint density at radius 3 is 2.78 bits per heavy atom. The van der Waals surface area contributed by atoms with Gasteiger partial charge >= 0.3 is 11.9 Å². The van der Waals surface area contributed by atoms with E-state index < -0.39 is 11.9 Å². The van der Waals surface area contributed by atoms with Crippen LogP contribution in [0.4, 0.5) is 0 Å². The molecule has 0 fully saturated rings. The van der Waals surface area contributed by atoms with Crippen LogP contribution in [0.2, 0.25) is 5.02 Å². The summed E-state index contributed by atoms with van der Waals surface area (Å²) in [6.45, 7) is 3.59. The van der Waals surface area contributed by atoms with Crippen LogP contribution in [0.15, 0.2) is 30.9 Å². The van der Waals surface area contributed by atoms with Gasteiger partial charge in [-0.1, -0.05) is 36.4 Å². The molecule has 0 saturated carbocycles. The summed E-state index contributed by atoms with van der Waals surface area (Å²) in [5, 5.41) is 0.208. The molecule has 0 unspecified atom stereocenters. The fourth-order valence-corrected chi connectivity index (χ4v) is 1.61. The molecule has 0 heterocycles. The molecule has 96 valence electrons. The van der Waals surface area contributed by atoms with Gasteiger partial charge in [0.25, 0.3) is 0 Å². The average molecular weight is 269 g/mol. The Morgan fingerprint density at radius 1 is 1.44 bits per heavy atom. The van der Waals surface area contributed by atoms with Crippen molar-refractivity contribution in [3.05, 3.63) is 47.0 Å². The number of ether oxygens (including phenoxy) is 2. The smallest absolute Gasteiger partial charge is 0.339 e. The highest BCUT2D eigenvalue weighted by Gasteiger charge is 2.15. The lowest BCUT2D eigenvalue weighted by atomic mass is 10.1. The van der Waals surface area contributed by atoms with E-state index in [-0.39, 0.29) is 23.6 Å². The van der Waals surface area contributed by atoms with E-state index >= 15 is 0 Å². The standard InChI is InChI=1S/C13H13ClO4/c1-3-7-18-11(15)8-9-5-4-6-10(12(9)14)13(16)17-2/h3-6H,1,7-8H2,2H3. The zero-order chi connectivity index (χ0) is 13.5. The minimum Gasteiger partial charge on any atom is -0.465 e. The van der Waals surface area contributed by atoms with E-state index in [0.29, 0.717) is 5.56 Å². The first-order valence-electron chi connectivity index (χ1n) is 5.22. The molecule has 0 aliphatic rings. The summed E-state index contributed by atoms with van der Waals surface area (Å²) in [5.41, 5.74) is 0.752. The molecule has 0 amide bonds. The molecule has 0 aromatic heterocycles. The predicted molar refractivity (Wildman–Crippen MR) is 67.7 cm³/mol. The molecule has 1 aromatic rings. The number of rotatable bonds is 5. The van der Waals surface area contributed by atoms with Crippen LogP contribution in [-0.2, 0) is 20.7 Å². The molecule has 5 heteroatoms. The van der Waals surface area contributed by atoms with Gasteiger partial charge in [0.15, 0.2) is 0 Å². The largest absolute Gasteiger partial charge is 0.465 e. The molecule has 18 heavy (non-hydrogen) atoms. The molecule has 1 rings (SSSR count). The van der Waals surface area contributed by atoms with Crippen molar-refractivity contribution in [3.63, 3.8) is 0 Å². The van der Waals surface area contributed by atoms with E-state index in [9.17, 15) is 9.59 Å². The Bertz CT molecular complexity index is 468. The normalized spacial score (nSPS) is 9.67. The predicted octanol–water partition coefficient (Wildman–Crippen LogP) is 2.40. The molecule has 0 radical (unpaired) electrons.